The zero-order valence-corrected chi connectivity index (χ0v) is 14.3. The topological polar surface area (TPSA) is 83.0 Å². The number of carbonyl (C=O) groups is 2. The van der Waals surface area contributed by atoms with Crippen LogP contribution >= 0.6 is 11.5 Å². The Hall–Kier alpha value is -2.19. The Morgan fingerprint density at radius 1 is 1.42 bits per heavy atom. The number of benzene rings is 1. The molecule has 2 saturated heterocycles. The highest BCUT2D eigenvalue weighted by molar-refractivity contribution is 7.13. The fraction of sp³-hybridized carbons (Fsp3) is 0.438. The van der Waals surface area contributed by atoms with Crippen LogP contribution in [0.2, 0.25) is 0 Å². The summed E-state index contributed by atoms with van der Waals surface area (Å²) in [5, 5.41) is 7.82. The minimum atomic E-state index is -0.250. The van der Waals surface area contributed by atoms with Crippen LogP contribution in [-0.4, -0.2) is 71.0 Å². The largest absolute Gasteiger partial charge is 0.497 e. The summed E-state index contributed by atoms with van der Waals surface area (Å²) in [7, 11) is 3.78. The van der Waals surface area contributed by atoms with Crippen LogP contribution in [-0.2, 0) is 4.79 Å². The number of carboxylic acid groups (broad SMARTS) is 1. The molecular formula is C16H19N3O4S. The van der Waals surface area contributed by atoms with Crippen molar-refractivity contribution in [3.8, 4) is 5.75 Å². The van der Waals surface area contributed by atoms with E-state index in [2.05, 4.69) is 16.3 Å². The average molecular weight is 349 g/mol. The van der Waals surface area contributed by atoms with Crippen molar-refractivity contribution in [3.05, 3.63) is 23.9 Å². The maximum Gasteiger partial charge on any atom is 0.290 e. The highest BCUT2D eigenvalue weighted by Crippen LogP contribution is 2.33. The number of methoxy groups -OCH3 is 1. The van der Waals surface area contributed by atoms with E-state index < -0.39 is 0 Å². The number of nitrogens with zero attached hydrogens (tertiary/aromatic N) is 3. The van der Waals surface area contributed by atoms with Crippen molar-refractivity contribution in [3.63, 3.8) is 0 Å². The van der Waals surface area contributed by atoms with Crippen molar-refractivity contribution in [1.82, 2.24) is 14.2 Å². The molecule has 2 aliphatic rings. The predicted molar refractivity (Wildman–Crippen MR) is 90.7 cm³/mol. The summed E-state index contributed by atoms with van der Waals surface area (Å²) in [4.78, 5) is 25.5. The lowest BCUT2D eigenvalue weighted by molar-refractivity contribution is -0.122. The van der Waals surface area contributed by atoms with Gasteiger partial charge in [-0.05, 0) is 43.2 Å². The molecule has 128 valence electrons. The van der Waals surface area contributed by atoms with Gasteiger partial charge >= 0.3 is 0 Å². The Morgan fingerprint density at radius 2 is 2.17 bits per heavy atom. The fourth-order valence-corrected chi connectivity index (χ4v) is 4.25. The number of ether oxygens (including phenoxy) is 1. The molecule has 0 aliphatic carbocycles. The second kappa shape index (κ2) is 6.74. The number of carbonyl (C=O) groups excluding carboxylic acids is 1. The SMILES string of the molecule is COc1ccc2c(C(=O)N3C[C@@H]4C[C@H]3CN4C)nsc2c1.O=CO. The Balaban J connectivity index is 0.000000526. The second-order valence-electron chi connectivity index (χ2n) is 5.94. The van der Waals surface area contributed by atoms with Crippen molar-refractivity contribution >= 4 is 34.0 Å². The number of hydrogen-bond acceptors (Lipinski definition) is 6. The predicted octanol–water partition coefficient (Wildman–Crippen LogP) is 1.53. The average Bonchev–Trinajstić information content (AvgIpc) is 3.27. The molecule has 2 aliphatic heterocycles. The third-order valence-electron chi connectivity index (χ3n) is 4.66. The Kier molecular flexibility index (Phi) is 4.68. The molecule has 2 atom stereocenters. The van der Waals surface area contributed by atoms with E-state index in [4.69, 9.17) is 14.6 Å². The standard InChI is InChI=1S/C15H17N3O2S.CH2O2/c1-17-7-10-5-9(17)8-18(10)15(19)14-12-4-3-11(20-2)6-13(12)21-16-14;2-1-3/h3-4,6,9-10H,5,7-8H2,1-2H3;1H,(H,2,3)/t9-,10-;/m0./s1. The molecule has 0 spiro atoms. The van der Waals surface area contributed by atoms with Crippen LogP contribution in [0.4, 0.5) is 0 Å². The molecule has 1 N–H and O–H groups in total. The van der Waals surface area contributed by atoms with Gasteiger partial charge in [0.1, 0.15) is 11.4 Å². The Bertz CT molecular complexity index is 761. The van der Waals surface area contributed by atoms with Crippen LogP contribution in [0.1, 0.15) is 16.9 Å². The first-order chi connectivity index (χ1) is 11.6. The van der Waals surface area contributed by atoms with E-state index in [0.29, 0.717) is 17.8 Å². The highest BCUT2D eigenvalue weighted by Gasteiger charge is 2.44. The second-order valence-corrected chi connectivity index (χ2v) is 6.74. The lowest BCUT2D eigenvalue weighted by Gasteiger charge is -2.31. The number of hydrogen-bond donors (Lipinski definition) is 1. The summed E-state index contributed by atoms with van der Waals surface area (Å²) >= 11 is 1.36. The van der Waals surface area contributed by atoms with Gasteiger partial charge in [0.15, 0.2) is 0 Å². The van der Waals surface area contributed by atoms with E-state index in [1.807, 2.05) is 23.1 Å². The van der Waals surface area contributed by atoms with Gasteiger partial charge in [-0.1, -0.05) is 0 Å². The maximum atomic E-state index is 12.8. The number of piperazine rings is 1. The third-order valence-corrected chi connectivity index (χ3v) is 5.47. The van der Waals surface area contributed by atoms with Crippen LogP contribution < -0.4 is 4.74 Å². The summed E-state index contributed by atoms with van der Waals surface area (Å²) in [6.45, 7) is 1.56. The normalized spacial score (nSPS) is 22.3. The molecule has 0 unspecified atom stereocenters. The van der Waals surface area contributed by atoms with Gasteiger partial charge in [-0.2, -0.15) is 4.37 Å². The van der Waals surface area contributed by atoms with Crippen LogP contribution in [0, 0.1) is 0 Å². The minimum absolute atomic E-state index is 0.0759. The van der Waals surface area contributed by atoms with Gasteiger partial charge in [0.05, 0.1) is 11.8 Å². The first-order valence-corrected chi connectivity index (χ1v) is 8.38. The van der Waals surface area contributed by atoms with E-state index in [0.717, 1.165) is 35.3 Å². The molecule has 8 heteroatoms. The molecule has 2 aromatic rings. The molecule has 2 fully saturated rings. The smallest absolute Gasteiger partial charge is 0.290 e. The van der Waals surface area contributed by atoms with Crippen molar-refractivity contribution in [1.29, 1.82) is 0 Å². The van der Waals surface area contributed by atoms with Gasteiger partial charge in [-0.15, -0.1) is 0 Å². The first kappa shape index (κ1) is 16.7. The lowest BCUT2D eigenvalue weighted by Crippen LogP contribution is -2.47. The van der Waals surface area contributed by atoms with Crippen LogP contribution in [0.5, 0.6) is 5.75 Å². The molecule has 7 nitrogen and oxygen atoms in total. The number of rotatable bonds is 2. The van der Waals surface area contributed by atoms with Gasteiger partial charge in [0.2, 0.25) is 0 Å². The van der Waals surface area contributed by atoms with Crippen molar-refractivity contribution < 1.29 is 19.4 Å². The van der Waals surface area contributed by atoms with Crippen LogP contribution in [0.25, 0.3) is 10.1 Å². The van der Waals surface area contributed by atoms with Gasteiger partial charge in [-0.3, -0.25) is 14.5 Å². The van der Waals surface area contributed by atoms with E-state index in [9.17, 15) is 4.79 Å². The Labute approximate surface area is 143 Å². The summed E-state index contributed by atoms with van der Waals surface area (Å²) in [5.74, 6) is 0.874. The molecule has 3 heterocycles. The number of amides is 1. The molecule has 1 amide bonds. The van der Waals surface area contributed by atoms with Crippen molar-refractivity contribution in [2.24, 2.45) is 0 Å². The summed E-state index contributed by atoms with van der Waals surface area (Å²) in [6.07, 6.45) is 1.10. The summed E-state index contributed by atoms with van der Waals surface area (Å²) in [5.41, 5.74) is 0.591. The van der Waals surface area contributed by atoms with Crippen molar-refractivity contribution in [2.45, 2.75) is 18.5 Å². The third kappa shape index (κ3) is 2.83. The van der Waals surface area contributed by atoms with Crippen molar-refractivity contribution in [2.75, 3.05) is 27.2 Å². The molecule has 24 heavy (non-hydrogen) atoms. The molecule has 1 aromatic heterocycles. The van der Waals surface area contributed by atoms with E-state index >= 15 is 0 Å². The van der Waals surface area contributed by atoms with Crippen LogP contribution in [0.3, 0.4) is 0 Å². The van der Waals surface area contributed by atoms with Gasteiger partial charge in [0, 0.05) is 30.6 Å². The lowest BCUT2D eigenvalue weighted by atomic mass is 10.2. The zero-order valence-electron chi connectivity index (χ0n) is 13.5. The van der Waals surface area contributed by atoms with Crippen LogP contribution in [0.15, 0.2) is 18.2 Å². The molecule has 2 bridgehead atoms. The molecular weight excluding hydrogens is 330 g/mol. The summed E-state index contributed by atoms with van der Waals surface area (Å²) < 4.78 is 10.6. The number of likely N-dealkylation sites (tertiary alicyclic amines) is 2. The van der Waals surface area contributed by atoms with Gasteiger partial charge in [-0.25, -0.2) is 0 Å². The van der Waals surface area contributed by atoms with E-state index in [1.165, 1.54) is 11.5 Å². The number of aromatic nitrogens is 1. The van der Waals surface area contributed by atoms with Gasteiger partial charge in [0.25, 0.3) is 12.4 Å². The molecule has 4 rings (SSSR count). The minimum Gasteiger partial charge on any atom is -0.497 e. The van der Waals surface area contributed by atoms with E-state index in [1.54, 1.807) is 7.11 Å². The van der Waals surface area contributed by atoms with E-state index in [-0.39, 0.29) is 12.4 Å². The first-order valence-electron chi connectivity index (χ1n) is 7.61. The zero-order chi connectivity index (χ0) is 17.3. The Morgan fingerprint density at radius 3 is 2.75 bits per heavy atom. The van der Waals surface area contributed by atoms with Gasteiger partial charge < -0.3 is 14.7 Å². The number of fused-ring (bicyclic) bond motifs is 3. The maximum absolute atomic E-state index is 12.8. The molecule has 0 radical (unpaired) electrons. The molecule has 1 aromatic carbocycles. The monoisotopic (exact) mass is 349 g/mol. The number of likely N-dealkylation sites (N-methyl/N-ethyl adjacent to an activating group) is 1. The molecule has 0 saturated carbocycles. The summed E-state index contributed by atoms with van der Waals surface area (Å²) in [6, 6.07) is 6.63. The fourth-order valence-electron chi connectivity index (χ4n) is 3.45. The highest BCUT2D eigenvalue weighted by atomic mass is 32.1. The quantitative estimate of drug-likeness (QED) is 0.828.